The number of carbonyl (C=O) groups is 1. The number of nitrogens with one attached hydrogen (secondary N) is 2. The highest BCUT2D eigenvalue weighted by atomic mass is 35.5. The van der Waals surface area contributed by atoms with Gasteiger partial charge >= 0.3 is 0 Å². The van der Waals surface area contributed by atoms with Crippen LogP contribution in [0, 0.1) is 0 Å². The number of ether oxygens (including phenoxy) is 1. The predicted octanol–water partition coefficient (Wildman–Crippen LogP) is 1.24. The maximum atomic E-state index is 11.9. The molecule has 2 rings (SSSR count). The highest BCUT2D eigenvalue weighted by Crippen LogP contribution is 2.17. The standard InChI is InChI=1S/C12H22N2O2.ClH/c15-12(11-9-13-7-8-16-11)14-10-5-3-1-2-4-6-10;/h10-11,13H,1-9H2,(H,14,15);1H. The smallest absolute Gasteiger partial charge is 0.250 e. The molecule has 1 aliphatic carbocycles. The van der Waals surface area contributed by atoms with Crippen molar-refractivity contribution in [2.75, 3.05) is 19.7 Å². The van der Waals surface area contributed by atoms with Crippen LogP contribution in [0.3, 0.4) is 0 Å². The minimum absolute atomic E-state index is 0. The second-order valence-electron chi connectivity index (χ2n) is 4.76. The summed E-state index contributed by atoms with van der Waals surface area (Å²) in [5, 5.41) is 6.30. The molecule has 0 spiro atoms. The Bertz CT molecular complexity index is 225. The van der Waals surface area contributed by atoms with Crippen molar-refractivity contribution in [2.24, 2.45) is 0 Å². The summed E-state index contributed by atoms with van der Waals surface area (Å²) < 4.78 is 5.44. The van der Waals surface area contributed by atoms with Gasteiger partial charge in [-0.2, -0.15) is 0 Å². The zero-order chi connectivity index (χ0) is 11.2. The van der Waals surface area contributed by atoms with Crippen molar-refractivity contribution in [3.05, 3.63) is 0 Å². The van der Waals surface area contributed by atoms with Gasteiger partial charge in [0.05, 0.1) is 6.61 Å². The molecular weight excluding hydrogens is 240 g/mol. The molecule has 1 unspecified atom stereocenters. The van der Waals surface area contributed by atoms with E-state index in [-0.39, 0.29) is 24.4 Å². The van der Waals surface area contributed by atoms with Gasteiger partial charge in [0.1, 0.15) is 6.10 Å². The van der Waals surface area contributed by atoms with Crippen LogP contribution in [0.15, 0.2) is 0 Å². The molecule has 1 saturated heterocycles. The fourth-order valence-electron chi connectivity index (χ4n) is 2.45. The van der Waals surface area contributed by atoms with E-state index in [0.29, 0.717) is 19.2 Å². The SMILES string of the molecule is Cl.O=C(NC1CCCCCC1)C1CNCCO1. The summed E-state index contributed by atoms with van der Waals surface area (Å²) in [6.07, 6.45) is 7.10. The number of carbonyl (C=O) groups excluding carboxylic acids is 1. The number of morpholine rings is 1. The van der Waals surface area contributed by atoms with Gasteiger partial charge in [-0.1, -0.05) is 25.7 Å². The minimum Gasteiger partial charge on any atom is -0.366 e. The van der Waals surface area contributed by atoms with Crippen LogP contribution in [0.4, 0.5) is 0 Å². The summed E-state index contributed by atoms with van der Waals surface area (Å²) in [5.41, 5.74) is 0. The molecule has 4 nitrogen and oxygen atoms in total. The fraction of sp³-hybridized carbons (Fsp3) is 0.917. The van der Waals surface area contributed by atoms with Crippen molar-refractivity contribution < 1.29 is 9.53 Å². The first kappa shape index (κ1) is 14.7. The fourth-order valence-corrected chi connectivity index (χ4v) is 2.45. The van der Waals surface area contributed by atoms with Crippen LogP contribution in [-0.4, -0.2) is 37.7 Å². The van der Waals surface area contributed by atoms with Crippen LogP contribution in [0.1, 0.15) is 38.5 Å². The van der Waals surface area contributed by atoms with Gasteiger partial charge in [-0.05, 0) is 12.8 Å². The largest absolute Gasteiger partial charge is 0.366 e. The summed E-state index contributed by atoms with van der Waals surface area (Å²) in [5.74, 6) is 0.0686. The molecule has 1 amide bonds. The van der Waals surface area contributed by atoms with Crippen molar-refractivity contribution >= 4 is 18.3 Å². The highest BCUT2D eigenvalue weighted by molar-refractivity contribution is 5.85. The molecular formula is C12H23ClN2O2. The molecule has 0 aromatic heterocycles. The third kappa shape index (κ3) is 4.82. The normalized spacial score (nSPS) is 26.7. The lowest BCUT2D eigenvalue weighted by Gasteiger charge is -2.25. The van der Waals surface area contributed by atoms with Gasteiger partial charge in [-0.25, -0.2) is 0 Å². The van der Waals surface area contributed by atoms with Crippen molar-refractivity contribution in [3.63, 3.8) is 0 Å². The number of hydrogen-bond acceptors (Lipinski definition) is 3. The first-order chi connectivity index (χ1) is 7.86. The maximum Gasteiger partial charge on any atom is 0.250 e. The predicted molar refractivity (Wildman–Crippen MR) is 69.5 cm³/mol. The van der Waals surface area contributed by atoms with E-state index in [2.05, 4.69) is 10.6 Å². The summed E-state index contributed by atoms with van der Waals surface area (Å²) in [4.78, 5) is 11.9. The third-order valence-electron chi connectivity index (χ3n) is 3.42. The molecule has 2 fully saturated rings. The number of hydrogen-bond donors (Lipinski definition) is 2. The molecule has 2 aliphatic rings. The topological polar surface area (TPSA) is 50.4 Å². The van der Waals surface area contributed by atoms with Gasteiger partial charge in [-0.3, -0.25) is 4.79 Å². The maximum absolute atomic E-state index is 11.9. The number of halogens is 1. The van der Waals surface area contributed by atoms with Gasteiger partial charge in [0.25, 0.3) is 5.91 Å². The summed E-state index contributed by atoms with van der Waals surface area (Å²) >= 11 is 0. The lowest BCUT2D eigenvalue weighted by atomic mass is 10.1. The van der Waals surface area contributed by atoms with E-state index in [9.17, 15) is 4.79 Å². The molecule has 1 atom stereocenters. The Kier molecular flexibility index (Phi) is 6.85. The van der Waals surface area contributed by atoms with Crippen LogP contribution < -0.4 is 10.6 Å². The van der Waals surface area contributed by atoms with Crippen LogP contribution in [0.25, 0.3) is 0 Å². The molecule has 0 aromatic rings. The molecule has 1 saturated carbocycles. The van der Waals surface area contributed by atoms with Gasteiger partial charge < -0.3 is 15.4 Å². The monoisotopic (exact) mass is 262 g/mol. The zero-order valence-electron chi connectivity index (χ0n) is 10.2. The van der Waals surface area contributed by atoms with E-state index in [1.165, 1.54) is 25.7 Å². The van der Waals surface area contributed by atoms with Crippen molar-refractivity contribution in [1.82, 2.24) is 10.6 Å². The lowest BCUT2D eigenvalue weighted by Crippen LogP contribution is -2.50. The Morgan fingerprint density at radius 2 is 1.88 bits per heavy atom. The van der Waals surface area contributed by atoms with E-state index in [0.717, 1.165) is 19.4 Å². The molecule has 2 N–H and O–H groups in total. The number of rotatable bonds is 2. The summed E-state index contributed by atoms with van der Waals surface area (Å²) in [7, 11) is 0. The molecule has 0 radical (unpaired) electrons. The summed E-state index contributed by atoms with van der Waals surface area (Å²) in [6.45, 7) is 2.15. The van der Waals surface area contributed by atoms with E-state index >= 15 is 0 Å². The van der Waals surface area contributed by atoms with E-state index in [1.807, 2.05) is 0 Å². The average Bonchev–Trinajstić information content (AvgIpc) is 2.59. The molecule has 1 heterocycles. The quantitative estimate of drug-likeness (QED) is 0.736. The number of amides is 1. The van der Waals surface area contributed by atoms with Gasteiger partial charge in [0, 0.05) is 19.1 Å². The second kappa shape index (κ2) is 7.90. The molecule has 5 heteroatoms. The second-order valence-corrected chi connectivity index (χ2v) is 4.76. The molecule has 17 heavy (non-hydrogen) atoms. The van der Waals surface area contributed by atoms with Gasteiger partial charge in [0.15, 0.2) is 0 Å². The first-order valence-electron chi connectivity index (χ1n) is 6.49. The minimum atomic E-state index is -0.281. The van der Waals surface area contributed by atoms with E-state index in [1.54, 1.807) is 0 Å². The van der Waals surface area contributed by atoms with Crippen molar-refractivity contribution in [3.8, 4) is 0 Å². The van der Waals surface area contributed by atoms with Gasteiger partial charge in [-0.15, -0.1) is 12.4 Å². The Labute approximate surface area is 109 Å². The Morgan fingerprint density at radius 1 is 1.18 bits per heavy atom. The van der Waals surface area contributed by atoms with E-state index < -0.39 is 0 Å². The molecule has 0 bridgehead atoms. The van der Waals surface area contributed by atoms with Crippen LogP contribution in [0.2, 0.25) is 0 Å². The Hall–Kier alpha value is -0.320. The Balaban J connectivity index is 0.00000144. The van der Waals surface area contributed by atoms with E-state index in [4.69, 9.17) is 4.74 Å². The van der Waals surface area contributed by atoms with Gasteiger partial charge in [0.2, 0.25) is 0 Å². The lowest BCUT2D eigenvalue weighted by molar-refractivity contribution is -0.135. The van der Waals surface area contributed by atoms with Crippen LogP contribution in [-0.2, 0) is 9.53 Å². The Morgan fingerprint density at radius 3 is 2.47 bits per heavy atom. The van der Waals surface area contributed by atoms with Crippen molar-refractivity contribution in [1.29, 1.82) is 0 Å². The van der Waals surface area contributed by atoms with Crippen LogP contribution in [0.5, 0.6) is 0 Å². The zero-order valence-corrected chi connectivity index (χ0v) is 11.1. The third-order valence-corrected chi connectivity index (χ3v) is 3.42. The highest BCUT2D eigenvalue weighted by Gasteiger charge is 2.24. The first-order valence-corrected chi connectivity index (χ1v) is 6.49. The molecule has 100 valence electrons. The molecule has 0 aromatic carbocycles. The van der Waals surface area contributed by atoms with Crippen molar-refractivity contribution in [2.45, 2.75) is 50.7 Å². The molecule has 1 aliphatic heterocycles. The summed E-state index contributed by atoms with van der Waals surface area (Å²) in [6, 6.07) is 0.375. The van der Waals surface area contributed by atoms with Crippen LogP contribution >= 0.6 is 12.4 Å². The average molecular weight is 263 g/mol.